The zero-order valence-corrected chi connectivity index (χ0v) is 22.1. The second kappa shape index (κ2) is 15.1. The molecule has 1 aliphatic heterocycles. The summed E-state index contributed by atoms with van der Waals surface area (Å²) in [7, 11) is 1.58. The molecule has 2 aromatic carbocycles. The van der Waals surface area contributed by atoms with Crippen LogP contribution in [0.25, 0.3) is 0 Å². The Hall–Kier alpha value is -3.88. The van der Waals surface area contributed by atoms with Crippen LogP contribution in [0, 0.1) is 0 Å². The van der Waals surface area contributed by atoms with Gasteiger partial charge in [0, 0.05) is 56.1 Å². The highest BCUT2D eigenvalue weighted by atomic mass is 35.5. The lowest BCUT2D eigenvalue weighted by atomic mass is 10.1. The molecule has 0 aliphatic carbocycles. The molecular weight excluding hydrogens is 561 g/mol. The van der Waals surface area contributed by atoms with E-state index in [2.05, 4.69) is 10.6 Å². The van der Waals surface area contributed by atoms with E-state index < -0.39 is 18.1 Å². The van der Waals surface area contributed by atoms with Crippen molar-refractivity contribution in [3.8, 4) is 0 Å². The number of halogens is 4. The van der Waals surface area contributed by atoms with Crippen LogP contribution in [0.3, 0.4) is 0 Å². The van der Waals surface area contributed by atoms with Gasteiger partial charge in [0.1, 0.15) is 0 Å². The minimum Gasteiger partial charge on any atom is -0.478 e. The van der Waals surface area contributed by atoms with Crippen LogP contribution in [0.15, 0.2) is 42.5 Å². The predicted molar refractivity (Wildman–Crippen MR) is 140 cm³/mol. The number of ether oxygens (including phenoxy) is 1. The number of carbonyl (C=O) groups is 4. The Morgan fingerprint density at radius 2 is 1.60 bits per heavy atom. The Morgan fingerprint density at radius 1 is 1.00 bits per heavy atom. The molecule has 218 valence electrons. The summed E-state index contributed by atoms with van der Waals surface area (Å²) in [5.41, 5.74) is 1.50. The summed E-state index contributed by atoms with van der Waals surface area (Å²) in [5, 5.41) is 22.9. The lowest BCUT2D eigenvalue weighted by Crippen LogP contribution is -2.50. The molecule has 11 nitrogen and oxygen atoms in total. The van der Waals surface area contributed by atoms with Gasteiger partial charge in [-0.1, -0.05) is 11.6 Å². The fourth-order valence-electron chi connectivity index (χ4n) is 3.56. The number of carboxylic acids is 2. The molecule has 4 N–H and O–H groups in total. The van der Waals surface area contributed by atoms with Crippen molar-refractivity contribution in [2.75, 3.05) is 63.2 Å². The number of nitrogens with one attached hydrogen (secondary N) is 2. The quantitative estimate of drug-likeness (QED) is 0.324. The van der Waals surface area contributed by atoms with Gasteiger partial charge in [0.15, 0.2) is 0 Å². The van der Waals surface area contributed by atoms with Gasteiger partial charge >= 0.3 is 18.1 Å². The highest BCUT2D eigenvalue weighted by Crippen LogP contribution is 2.26. The van der Waals surface area contributed by atoms with Gasteiger partial charge in [-0.15, -0.1) is 0 Å². The number of rotatable bonds is 9. The van der Waals surface area contributed by atoms with E-state index in [-0.39, 0.29) is 17.4 Å². The standard InChI is InChI=1S/C23H27ClN4O5.C2HF3O2/c1-33-13-8-25-21(29)15-27-9-11-28(12-10-27)20-7-6-18(14-19(20)23(31)32)26-22(30)16-2-4-17(24)5-3-16;3-2(4,5)1(6)7/h2-7,14H,8-13,15H2,1H3,(H,25,29)(H,26,30)(H,31,32);(H,6,7). The number of nitrogens with zero attached hydrogens (tertiary/aromatic N) is 2. The number of hydrogen-bond donors (Lipinski definition) is 4. The maximum absolute atomic E-state index is 12.4. The SMILES string of the molecule is COCCNC(=O)CN1CCN(c2ccc(NC(=O)c3ccc(Cl)cc3)cc2C(=O)O)CC1.O=C(O)C(F)(F)F. The number of benzene rings is 2. The Morgan fingerprint density at radius 3 is 2.12 bits per heavy atom. The molecule has 1 heterocycles. The molecule has 0 unspecified atom stereocenters. The summed E-state index contributed by atoms with van der Waals surface area (Å²) in [6, 6.07) is 11.3. The average Bonchev–Trinajstić information content (AvgIpc) is 2.89. The number of piperazine rings is 1. The third-order valence-electron chi connectivity index (χ3n) is 5.54. The molecule has 0 spiro atoms. The van der Waals surface area contributed by atoms with Gasteiger partial charge in [-0.05, 0) is 42.5 Å². The van der Waals surface area contributed by atoms with Crippen molar-refractivity contribution >= 4 is 46.7 Å². The van der Waals surface area contributed by atoms with E-state index >= 15 is 0 Å². The fraction of sp³-hybridized carbons (Fsp3) is 0.360. The van der Waals surface area contributed by atoms with Gasteiger partial charge in [0.05, 0.1) is 24.4 Å². The van der Waals surface area contributed by atoms with E-state index in [9.17, 15) is 32.7 Å². The number of methoxy groups -OCH3 is 1. The second-order valence-corrected chi connectivity index (χ2v) is 8.84. The molecule has 0 saturated carbocycles. The number of aliphatic carboxylic acids is 1. The number of alkyl halides is 3. The number of hydrogen-bond acceptors (Lipinski definition) is 7. The van der Waals surface area contributed by atoms with Crippen LogP contribution in [0.5, 0.6) is 0 Å². The number of aromatic carboxylic acids is 1. The van der Waals surface area contributed by atoms with Gasteiger partial charge in [-0.25, -0.2) is 9.59 Å². The molecular formula is C25H28ClF3N4O7. The Balaban J connectivity index is 0.000000708. The lowest BCUT2D eigenvalue weighted by Gasteiger charge is -2.36. The summed E-state index contributed by atoms with van der Waals surface area (Å²) in [6.07, 6.45) is -5.08. The third-order valence-corrected chi connectivity index (χ3v) is 5.79. The first-order valence-electron chi connectivity index (χ1n) is 11.8. The normalized spacial score (nSPS) is 13.6. The number of carbonyl (C=O) groups excluding carboxylic acids is 2. The smallest absolute Gasteiger partial charge is 0.478 e. The number of amides is 2. The average molecular weight is 589 g/mol. The second-order valence-electron chi connectivity index (χ2n) is 8.41. The number of carboxylic acid groups (broad SMARTS) is 2. The highest BCUT2D eigenvalue weighted by Gasteiger charge is 2.38. The van der Waals surface area contributed by atoms with Gasteiger partial charge in [0.2, 0.25) is 5.91 Å². The summed E-state index contributed by atoms with van der Waals surface area (Å²) in [5.74, 6) is -4.25. The monoisotopic (exact) mass is 588 g/mol. The van der Waals surface area contributed by atoms with Crippen LogP contribution in [-0.4, -0.2) is 98.0 Å². The summed E-state index contributed by atoms with van der Waals surface area (Å²) >= 11 is 5.85. The zero-order valence-electron chi connectivity index (χ0n) is 21.3. The molecule has 0 radical (unpaired) electrons. The molecule has 2 aromatic rings. The van der Waals surface area contributed by atoms with Gasteiger partial charge in [-0.3, -0.25) is 14.5 Å². The first kappa shape index (κ1) is 32.3. The van der Waals surface area contributed by atoms with Crippen LogP contribution >= 0.6 is 11.6 Å². The molecule has 40 heavy (non-hydrogen) atoms. The molecule has 3 rings (SSSR count). The Kier molecular flexibility index (Phi) is 12.2. The van der Waals surface area contributed by atoms with E-state index in [0.717, 1.165) is 0 Å². The van der Waals surface area contributed by atoms with Gasteiger partial charge in [-0.2, -0.15) is 13.2 Å². The van der Waals surface area contributed by atoms with E-state index in [0.29, 0.717) is 67.8 Å². The van der Waals surface area contributed by atoms with Crippen molar-refractivity contribution < 1.29 is 47.3 Å². The van der Waals surface area contributed by atoms with Crippen LogP contribution in [0.2, 0.25) is 5.02 Å². The first-order chi connectivity index (χ1) is 18.8. The van der Waals surface area contributed by atoms with Crippen LogP contribution in [0.4, 0.5) is 24.5 Å². The number of anilines is 2. The summed E-state index contributed by atoms with van der Waals surface area (Å²) in [4.78, 5) is 49.2. The zero-order chi connectivity index (χ0) is 29.9. The summed E-state index contributed by atoms with van der Waals surface area (Å²) < 4.78 is 36.7. The highest BCUT2D eigenvalue weighted by molar-refractivity contribution is 6.30. The van der Waals surface area contributed by atoms with Crippen molar-refractivity contribution in [3.63, 3.8) is 0 Å². The largest absolute Gasteiger partial charge is 0.490 e. The van der Waals surface area contributed by atoms with Crippen molar-refractivity contribution in [2.24, 2.45) is 0 Å². The van der Waals surface area contributed by atoms with Crippen molar-refractivity contribution in [1.29, 1.82) is 0 Å². The third kappa shape index (κ3) is 10.4. The molecule has 15 heteroatoms. The topological polar surface area (TPSA) is 149 Å². The Bertz CT molecular complexity index is 1190. The van der Waals surface area contributed by atoms with Crippen LogP contribution in [0.1, 0.15) is 20.7 Å². The lowest BCUT2D eigenvalue weighted by molar-refractivity contribution is -0.192. The van der Waals surface area contributed by atoms with E-state index in [4.69, 9.17) is 26.2 Å². The molecule has 1 fully saturated rings. The molecule has 1 saturated heterocycles. The minimum absolute atomic E-state index is 0.0625. The van der Waals surface area contributed by atoms with E-state index in [1.54, 1.807) is 43.5 Å². The van der Waals surface area contributed by atoms with Crippen molar-refractivity contribution in [1.82, 2.24) is 10.2 Å². The van der Waals surface area contributed by atoms with Crippen molar-refractivity contribution in [2.45, 2.75) is 6.18 Å². The predicted octanol–water partition coefficient (Wildman–Crippen LogP) is 2.81. The maximum Gasteiger partial charge on any atom is 0.490 e. The van der Waals surface area contributed by atoms with Gasteiger partial charge in [0.25, 0.3) is 5.91 Å². The Labute approximate surface area is 232 Å². The minimum atomic E-state index is -5.08. The van der Waals surface area contributed by atoms with Crippen LogP contribution in [-0.2, 0) is 14.3 Å². The molecule has 0 bridgehead atoms. The maximum atomic E-state index is 12.4. The molecule has 0 atom stereocenters. The van der Waals surface area contributed by atoms with E-state index in [1.165, 1.54) is 6.07 Å². The summed E-state index contributed by atoms with van der Waals surface area (Å²) in [6.45, 7) is 3.66. The van der Waals surface area contributed by atoms with Crippen molar-refractivity contribution in [3.05, 3.63) is 58.6 Å². The first-order valence-corrected chi connectivity index (χ1v) is 12.2. The molecule has 1 aliphatic rings. The van der Waals surface area contributed by atoms with Crippen LogP contribution < -0.4 is 15.5 Å². The molecule has 2 amide bonds. The van der Waals surface area contributed by atoms with Gasteiger partial charge < -0.3 is 30.5 Å². The molecule has 0 aromatic heterocycles. The fourth-order valence-corrected chi connectivity index (χ4v) is 3.69. The van der Waals surface area contributed by atoms with E-state index in [1.807, 2.05) is 9.80 Å².